The van der Waals surface area contributed by atoms with Gasteiger partial charge in [-0.25, -0.2) is 4.68 Å². The van der Waals surface area contributed by atoms with E-state index in [9.17, 15) is 9.59 Å². The van der Waals surface area contributed by atoms with E-state index in [4.69, 9.17) is 9.47 Å². The van der Waals surface area contributed by atoms with Crippen LogP contribution in [0.25, 0.3) is 22.0 Å². The largest absolute Gasteiger partial charge is 0.496 e. The molecule has 1 N–H and O–H groups in total. The number of aromatic nitrogens is 2. The summed E-state index contributed by atoms with van der Waals surface area (Å²) in [5.41, 5.74) is 3.21. The number of nitrogens with one attached hydrogen (secondary N) is 1. The van der Waals surface area contributed by atoms with Crippen LogP contribution in [0.1, 0.15) is 11.1 Å². The molecule has 0 bridgehead atoms. The molecule has 0 unspecified atom stereocenters. The molecule has 0 saturated carbocycles. The SMILES string of the molecule is COc1ccc(-c2nn(C)c(=O)c3ccccc23)cc1CNC(=O)COc1cccc(C)c1. The lowest BCUT2D eigenvalue weighted by molar-refractivity contribution is -0.123. The van der Waals surface area contributed by atoms with E-state index in [1.807, 2.05) is 67.6 Å². The van der Waals surface area contributed by atoms with Crippen LogP contribution in [0.5, 0.6) is 11.5 Å². The summed E-state index contributed by atoms with van der Waals surface area (Å²) >= 11 is 0. The topological polar surface area (TPSA) is 82.5 Å². The van der Waals surface area contributed by atoms with Gasteiger partial charge in [0.2, 0.25) is 0 Å². The Hall–Kier alpha value is -4.13. The summed E-state index contributed by atoms with van der Waals surface area (Å²) in [6.07, 6.45) is 0. The number of rotatable bonds is 7. The molecule has 1 heterocycles. The summed E-state index contributed by atoms with van der Waals surface area (Å²) in [5, 5.41) is 8.74. The molecule has 1 aromatic heterocycles. The molecule has 4 aromatic rings. The molecular formula is C26H25N3O4. The second-order valence-corrected chi connectivity index (χ2v) is 7.73. The van der Waals surface area contributed by atoms with E-state index in [2.05, 4.69) is 10.4 Å². The van der Waals surface area contributed by atoms with Crippen LogP contribution in [-0.2, 0) is 18.4 Å². The molecule has 3 aromatic carbocycles. The minimum Gasteiger partial charge on any atom is -0.496 e. The number of fused-ring (bicyclic) bond motifs is 1. The fourth-order valence-corrected chi connectivity index (χ4v) is 3.68. The third-order valence-corrected chi connectivity index (χ3v) is 5.35. The highest BCUT2D eigenvalue weighted by Gasteiger charge is 2.14. The summed E-state index contributed by atoms with van der Waals surface area (Å²) in [6.45, 7) is 2.14. The van der Waals surface area contributed by atoms with E-state index in [-0.39, 0.29) is 24.6 Å². The Balaban J connectivity index is 1.56. The molecule has 0 aliphatic heterocycles. The predicted octanol–water partition coefficient (Wildman–Crippen LogP) is 3.61. The monoisotopic (exact) mass is 443 g/mol. The van der Waals surface area contributed by atoms with Crippen molar-refractivity contribution in [3.05, 3.63) is 88.2 Å². The minimum atomic E-state index is -0.241. The van der Waals surface area contributed by atoms with Gasteiger partial charge < -0.3 is 14.8 Å². The van der Waals surface area contributed by atoms with Crippen LogP contribution in [-0.4, -0.2) is 29.4 Å². The van der Waals surface area contributed by atoms with Gasteiger partial charge in [-0.2, -0.15) is 5.10 Å². The highest BCUT2D eigenvalue weighted by Crippen LogP contribution is 2.29. The summed E-state index contributed by atoms with van der Waals surface area (Å²) in [4.78, 5) is 24.8. The third-order valence-electron chi connectivity index (χ3n) is 5.35. The van der Waals surface area contributed by atoms with Crippen molar-refractivity contribution in [2.75, 3.05) is 13.7 Å². The highest BCUT2D eigenvalue weighted by molar-refractivity contribution is 5.94. The Morgan fingerprint density at radius 1 is 1.03 bits per heavy atom. The number of hydrogen-bond acceptors (Lipinski definition) is 5. The second-order valence-electron chi connectivity index (χ2n) is 7.73. The van der Waals surface area contributed by atoms with E-state index in [0.29, 0.717) is 22.6 Å². The lowest BCUT2D eigenvalue weighted by atomic mass is 10.0. The van der Waals surface area contributed by atoms with Gasteiger partial charge in [-0.05, 0) is 48.9 Å². The molecule has 7 heteroatoms. The molecular weight excluding hydrogens is 418 g/mol. The van der Waals surface area contributed by atoms with Crippen molar-refractivity contribution in [3.63, 3.8) is 0 Å². The average Bonchev–Trinajstić information content (AvgIpc) is 2.83. The molecule has 4 rings (SSSR count). The summed E-state index contributed by atoms with van der Waals surface area (Å²) in [7, 11) is 3.22. The van der Waals surface area contributed by atoms with Crippen LogP contribution >= 0.6 is 0 Å². The molecule has 0 saturated heterocycles. The van der Waals surface area contributed by atoms with Crippen molar-refractivity contribution in [2.24, 2.45) is 7.05 Å². The number of nitrogens with zero attached hydrogens (tertiary/aromatic N) is 2. The Kier molecular flexibility index (Phi) is 6.40. The predicted molar refractivity (Wildman–Crippen MR) is 127 cm³/mol. The maximum absolute atomic E-state index is 12.5. The number of methoxy groups -OCH3 is 1. The first kappa shape index (κ1) is 22.1. The molecule has 7 nitrogen and oxygen atoms in total. The molecule has 1 amide bonds. The zero-order valence-electron chi connectivity index (χ0n) is 18.8. The maximum Gasteiger partial charge on any atom is 0.274 e. The van der Waals surface area contributed by atoms with Gasteiger partial charge >= 0.3 is 0 Å². The molecule has 0 fully saturated rings. The smallest absolute Gasteiger partial charge is 0.274 e. The third kappa shape index (κ3) is 4.87. The Bertz CT molecular complexity index is 1380. The number of aryl methyl sites for hydroxylation is 2. The van der Waals surface area contributed by atoms with Crippen LogP contribution in [0.15, 0.2) is 71.5 Å². The van der Waals surface area contributed by atoms with E-state index in [1.54, 1.807) is 20.2 Å². The van der Waals surface area contributed by atoms with Gasteiger partial charge in [-0.3, -0.25) is 9.59 Å². The molecule has 168 valence electrons. The van der Waals surface area contributed by atoms with Crippen molar-refractivity contribution in [3.8, 4) is 22.8 Å². The van der Waals surface area contributed by atoms with Gasteiger partial charge in [0, 0.05) is 30.1 Å². The number of carbonyl (C=O) groups excluding carboxylic acids is 1. The van der Waals surface area contributed by atoms with Crippen molar-refractivity contribution in [1.82, 2.24) is 15.1 Å². The lowest BCUT2D eigenvalue weighted by Crippen LogP contribution is -2.28. The number of ether oxygens (including phenoxy) is 2. The first-order valence-electron chi connectivity index (χ1n) is 10.6. The number of hydrogen-bond donors (Lipinski definition) is 1. The molecule has 33 heavy (non-hydrogen) atoms. The van der Waals surface area contributed by atoms with Crippen molar-refractivity contribution >= 4 is 16.7 Å². The summed E-state index contributed by atoms with van der Waals surface area (Å²) < 4.78 is 12.4. The zero-order chi connectivity index (χ0) is 23.4. The Morgan fingerprint density at radius 3 is 2.58 bits per heavy atom. The average molecular weight is 444 g/mol. The van der Waals surface area contributed by atoms with Gasteiger partial charge in [0.1, 0.15) is 11.5 Å². The fraction of sp³-hybridized carbons (Fsp3) is 0.192. The second kappa shape index (κ2) is 9.56. The van der Waals surface area contributed by atoms with E-state index in [0.717, 1.165) is 22.1 Å². The molecule has 0 atom stereocenters. The first-order valence-corrected chi connectivity index (χ1v) is 10.6. The van der Waals surface area contributed by atoms with Crippen LogP contribution in [0.4, 0.5) is 0 Å². The van der Waals surface area contributed by atoms with E-state index < -0.39 is 0 Å². The van der Waals surface area contributed by atoms with Crippen LogP contribution < -0.4 is 20.3 Å². The van der Waals surface area contributed by atoms with Crippen molar-refractivity contribution in [2.45, 2.75) is 13.5 Å². The standard InChI is InChI=1S/C26H25N3O4/c1-17-7-6-8-20(13-17)33-16-24(30)27-15-19-14-18(11-12-23(19)32-3)25-21-9-4-5-10-22(21)26(31)29(2)28-25/h4-14H,15-16H2,1-3H3,(H,27,30). The maximum atomic E-state index is 12.5. The number of benzene rings is 3. The first-order chi connectivity index (χ1) is 16.0. The quantitative estimate of drug-likeness (QED) is 0.472. The number of amides is 1. The van der Waals surface area contributed by atoms with Crippen molar-refractivity contribution in [1.29, 1.82) is 0 Å². The van der Waals surface area contributed by atoms with Gasteiger partial charge in [0.05, 0.1) is 18.2 Å². The Morgan fingerprint density at radius 2 is 1.82 bits per heavy atom. The number of carbonyl (C=O) groups is 1. The van der Waals surface area contributed by atoms with Gasteiger partial charge in [-0.1, -0.05) is 30.3 Å². The van der Waals surface area contributed by atoms with Crippen LogP contribution in [0.3, 0.4) is 0 Å². The molecule has 0 radical (unpaired) electrons. The van der Waals surface area contributed by atoms with Crippen LogP contribution in [0, 0.1) is 6.92 Å². The van der Waals surface area contributed by atoms with Gasteiger partial charge in [0.15, 0.2) is 6.61 Å². The molecule has 0 spiro atoms. The van der Waals surface area contributed by atoms with Gasteiger partial charge in [0.25, 0.3) is 11.5 Å². The van der Waals surface area contributed by atoms with Crippen LogP contribution in [0.2, 0.25) is 0 Å². The van der Waals surface area contributed by atoms with Crippen molar-refractivity contribution < 1.29 is 14.3 Å². The van der Waals surface area contributed by atoms with Gasteiger partial charge in [-0.15, -0.1) is 0 Å². The molecule has 0 aliphatic rings. The summed E-state index contributed by atoms with van der Waals surface area (Å²) in [5.74, 6) is 1.06. The highest BCUT2D eigenvalue weighted by atomic mass is 16.5. The summed E-state index contributed by atoms with van der Waals surface area (Å²) in [6, 6.07) is 20.6. The lowest BCUT2D eigenvalue weighted by Gasteiger charge is -2.14. The fourth-order valence-electron chi connectivity index (χ4n) is 3.68. The molecule has 0 aliphatic carbocycles. The van der Waals surface area contributed by atoms with E-state index >= 15 is 0 Å². The normalized spacial score (nSPS) is 10.8. The minimum absolute atomic E-state index is 0.0849. The zero-order valence-corrected chi connectivity index (χ0v) is 18.8. The van der Waals surface area contributed by atoms with E-state index in [1.165, 1.54) is 4.68 Å². The Labute approximate surface area is 191 Å².